The van der Waals surface area contributed by atoms with Crippen LogP contribution in [0.1, 0.15) is 13.8 Å². The molecule has 0 aromatic rings. The quantitative estimate of drug-likeness (QED) is 0.251. The van der Waals surface area contributed by atoms with Crippen molar-refractivity contribution >= 4 is 11.9 Å². The van der Waals surface area contributed by atoms with Gasteiger partial charge in [-0.15, -0.1) is 0 Å². The van der Waals surface area contributed by atoms with Gasteiger partial charge in [-0.3, -0.25) is 9.59 Å². The summed E-state index contributed by atoms with van der Waals surface area (Å²) in [5.74, 6) is -1.67. The molecule has 222 valence electrons. The minimum atomic E-state index is -0.833. The number of carboxylic acids is 2. The Morgan fingerprint density at radius 3 is 0.595 bits per heavy atom. The first-order valence-corrected chi connectivity index (χ1v) is 11.3. The number of likely N-dealkylation sites (N-methyl/N-ethyl adjacent to an activating group) is 6. The Morgan fingerprint density at radius 2 is 0.541 bits per heavy atom. The zero-order valence-electron chi connectivity index (χ0n) is 24.7. The maximum Gasteiger partial charge on any atom is 3.00 e. The monoisotopic (exact) mass is 694 g/mol. The summed E-state index contributed by atoms with van der Waals surface area (Å²) in [5.41, 5.74) is 0. The van der Waals surface area contributed by atoms with Crippen LogP contribution in [-0.2, 0) is 76.4 Å². The van der Waals surface area contributed by atoms with Gasteiger partial charge in [0.1, 0.15) is 0 Å². The molecular formula is C23H55Mn2N6O5Y+2. The molecule has 2 saturated heterocycles. The van der Waals surface area contributed by atoms with Crippen LogP contribution in [0.4, 0.5) is 0 Å². The normalized spacial score (nSPS) is 18.4. The molecule has 2 aliphatic heterocycles. The van der Waals surface area contributed by atoms with Crippen LogP contribution >= 0.6 is 0 Å². The van der Waals surface area contributed by atoms with Gasteiger partial charge in [0.2, 0.25) is 0 Å². The van der Waals surface area contributed by atoms with Crippen molar-refractivity contribution in [3.8, 4) is 0 Å². The largest absolute Gasteiger partial charge is 3.00 e. The molecule has 0 unspecified atom stereocenters. The second-order valence-corrected chi connectivity index (χ2v) is 8.86. The molecule has 0 aromatic carbocycles. The van der Waals surface area contributed by atoms with Crippen molar-refractivity contribution in [2.24, 2.45) is 0 Å². The minimum Gasteiger partial charge on any atom is -0.481 e. The third-order valence-corrected chi connectivity index (χ3v) is 5.18. The standard InChI is InChI=1S/2C9H21N3.2C2H4O2.CH3.2Mn.H2O.Y/c2*1-10-4-6-11(2)8-9-12(3)7-5-10;2*1-2(3)4;;;;;/h2*4-9H2,1-3H3;2*1H3,(H,3,4);1H3;;;1H2;/q;;;;-1;;+3;;. The Kier molecular flexibility index (Phi) is 50.8. The van der Waals surface area contributed by atoms with E-state index >= 15 is 0 Å². The first-order chi connectivity index (χ1) is 14.8. The number of hydrogen-bond acceptors (Lipinski definition) is 8. The summed E-state index contributed by atoms with van der Waals surface area (Å²) in [6.07, 6.45) is 0. The van der Waals surface area contributed by atoms with Crippen LogP contribution in [-0.4, -0.2) is 178 Å². The van der Waals surface area contributed by atoms with E-state index in [1.165, 1.54) is 78.5 Å². The van der Waals surface area contributed by atoms with Crippen molar-refractivity contribution in [1.29, 1.82) is 0 Å². The number of carbonyl (C=O) groups is 2. The average Bonchev–Trinajstić information content (AvgIpc) is 2.80. The second kappa shape index (κ2) is 34.8. The molecule has 2 rings (SSSR count). The average molecular weight is 695 g/mol. The zero-order chi connectivity index (χ0) is 25.1. The van der Waals surface area contributed by atoms with E-state index in [-0.39, 0.29) is 79.7 Å². The van der Waals surface area contributed by atoms with Crippen LogP contribution in [0.5, 0.6) is 0 Å². The molecule has 0 spiro atoms. The van der Waals surface area contributed by atoms with Gasteiger partial charge in [0.25, 0.3) is 11.9 Å². The van der Waals surface area contributed by atoms with Crippen molar-refractivity contribution in [1.82, 2.24) is 29.4 Å². The first-order valence-electron chi connectivity index (χ1n) is 11.3. The SMILES string of the molecule is CC(=O)O.CC(=O)O.CN1CCN(C)CCN(C)CC1.CN1CCN(C)CCN(C)CC1.O.[CH3-].[Mn+3].[Mn].[Y]. The van der Waals surface area contributed by atoms with Crippen LogP contribution in [0.15, 0.2) is 0 Å². The first kappa shape index (κ1) is 54.0. The van der Waals surface area contributed by atoms with Gasteiger partial charge in [0.15, 0.2) is 0 Å². The maximum atomic E-state index is 9.00. The van der Waals surface area contributed by atoms with E-state index in [9.17, 15) is 0 Å². The molecule has 0 amide bonds. The Balaban J connectivity index is -0.0000000685. The van der Waals surface area contributed by atoms with Crippen molar-refractivity contribution in [3.05, 3.63) is 7.43 Å². The van der Waals surface area contributed by atoms with Crippen molar-refractivity contribution in [2.75, 3.05) is 121 Å². The molecule has 2 heterocycles. The van der Waals surface area contributed by atoms with Gasteiger partial charge < -0.3 is 52.5 Å². The van der Waals surface area contributed by atoms with Crippen LogP contribution < -0.4 is 0 Å². The fraction of sp³-hybridized carbons (Fsp3) is 0.870. The molecule has 11 nitrogen and oxygen atoms in total. The Bertz CT molecular complexity index is 383. The minimum absolute atomic E-state index is 0. The molecule has 14 heteroatoms. The molecule has 2 fully saturated rings. The summed E-state index contributed by atoms with van der Waals surface area (Å²) in [7, 11) is 13.2. The van der Waals surface area contributed by atoms with E-state index in [2.05, 4.69) is 71.7 Å². The molecule has 37 heavy (non-hydrogen) atoms. The van der Waals surface area contributed by atoms with Gasteiger partial charge in [-0.05, 0) is 42.3 Å². The van der Waals surface area contributed by atoms with Crippen LogP contribution in [0.25, 0.3) is 0 Å². The van der Waals surface area contributed by atoms with Crippen molar-refractivity contribution in [3.63, 3.8) is 0 Å². The second-order valence-electron chi connectivity index (χ2n) is 8.86. The van der Waals surface area contributed by atoms with Crippen LogP contribution in [0, 0.1) is 7.43 Å². The van der Waals surface area contributed by atoms with Gasteiger partial charge in [-0.1, -0.05) is 0 Å². The Labute approximate surface area is 273 Å². The van der Waals surface area contributed by atoms with E-state index < -0.39 is 11.9 Å². The van der Waals surface area contributed by atoms with Gasteiger partial charge in [0.05, 0.1) is 0 Å². The topological polar surface area (TPSA) is 126 Å². The van der Waals surface area contributed by atoms with Crippen LogP contribution in [0.3, 0.4) is 0 Å². The molecule has 0 atom stereocenters. The third-order valence-electron chi connectivity index (χ3n) is 5.18. The molecule has 0 bridgehead atoms. The summed E-state index contributed by atoms with van der Waals surface area (Å²) >= 11 is 0. The molecule has 0 saturated carbocycles. The summed E-state index contributed by atoms with van der Waals surface area (Å²) in [4.78, 5) is 32.4. The number of nitrogens with zero attached hydrogens (tertiary/aromatic N) is 6. The van der Waals surface area contributed by atoms with Gasteiger partial charge in [-0.25, -0.2) is 0 Å². The maximum absolute atomic E-state index is 9.00. The van der Waals surface area contributed by atoms with Crippen molar-refractivity contribution in [2.45, 2.75) is 13.8 Å². The summed E-state index contributed by atoms with van der Waals surface area (Å²) < 4.78 is 0. The number of aliphatic carboxylic acids is 2. The predicted molar refractivity (Wildman–Crippen MR) is 142 cm³/mol. The summed E-state index contributed by atoms with van der Waals surface area (Å²) in [6, 6.07) is 0. The molecular weight excluding hydrogens is 639 g/mol. The fourth-order valence-corrected chi connectivity index (χ4v) is 2.72. The zero-order valence-corrected chi connectivity index (χ0v) is 29.9. The third kappa shape index (κ3) is 47.0. The van der Waals surface area contributed by atoms with E-state index in [1.807, 2.05) is 0 Å². The number of carboxylic acid groups (broad SMARTS) is 2. The van der Waals surface area contributed by atoms with Crippen molar-refractivity contribution < 1.29 is 92.1 Å². The molecule has 2 radical (unpaired) electrons. The molecule has 0 aromatic heterocycles. The van der Waals surface area contributed by atoms with E-state index in [4.69, 9.17) is 19.8 Å². The van der Waals surface area contributed by atoms with E-state index in [0.29, 0.717) is 0 Å². The van der Waals surface area contributed by atoms with E-state index in [1.54, 1.807) is 0 Å². The molecule has 4 N–H and O–H groups in total. The summed E-state index contributed by atoms with van der Waals surface area (Å²) in [6.45, 7) is 16.6. The van der Waals surface area contributed by atoms with Gasteiger partial charge >= 0.3 is 17.1 Å². The Hall–Kier alpha value is 0.803. The van der Waals surface area contributed by atoms with E-state index in [0.717, 1.165) is 13.8 Å². The Morgan fingerprint density at radius 1 is 0.486 bits per heavy atom. The number of hydrogen-bond donors (Lipinski definition) is 2. The fourth-order valence-electron chi connectivity index (χ4n) is 2.72. The predicted octanol–water partition coefficient (Wildman–Crippen LogP) is -0.609. The smallest absolute Gasteiger partial charge is 0.481 e. The molecule has 2 aliphatic rings. The summed E-state index contributed by atoms with van der Waals surface area (Å²) in [5, 5.41) is 14.8. The number of rotatable bonds is 0. The molecule has 0 aliphatic carbocycles. The van der Waals surface area contributed by atoms with Gasteiger partial charge in [0, 0.05) is 142 Å². The van der Waals surface area contributed by atoms with Gasteiger partial charge in [-0.2, -0.15) is 0 Å². The van der Waals surface area contributed by atoms with Crippen LogP contribution in [0.2, 0.25) is 0 Å².